The van der Waals surface area contributed by atoms with E-state index in [2.05, 4.69) is 4.90 Å². The fraction of sp³-hybridized carbons (Fsp3) is 0.538. The molecule has 2 rings (SSSR count). The lowest BCUT2D eigenvalue weighted by molar-refractivity contribution is 0.278. The van der Waals surface area contributed by atoms with E-state index in [-0.39, 0.29) is 11.5 Å². The second kappa shape index (κ2) is 5.79. The van der Waals surface area contributed by atoms with E-state index in [1.807, 2.05) is 18.2 Å². The molecule has 1 aliphatic rings. The molecule has 1 saturated heterocycles. The normalized spacial score (nSPS) is 19.1. The number of rotatable bonds is 4. The number of benzene rings is 1. The molecular weight excluding hydrogens is 266 g/mol. The fourth-order valence-corrected chi connectivity index (χ4v) is 3.50. The summed E-state index contributed by atoms with van der Waals surface area (Å²) in [5, 5.41) is 0. The highest BCUT2D eigenvalue weighted by Crippen LogP contribution is 2.31. The molecule has 0 atom stereocenters. The lowest BCUT2D eigenvalue weighted by Crippen LogP contribution is -2.39. The molecule has 0 radical (unpaired) electrons. The van der Waals surface area contributed by atoms with Gasteiger partial charge in [0.1, 0.15) is 0 Å². The maximum Gasteiger partial charge on any atom is 0.165 e. The van der Waals surface area contributed by atoms with Crippen LogP contribution in [0.2, 0.25) is 0 Å². The molecule has 5 nitrogen and oxygen atoms in total. The Labute approximate surface area is 114 Å². The van der Waals surface area contributed by atoms with E-state index in [1.54, 1.807) is 14.2 Å². The predicted octanol–water partition coefficient (Wildman–Crippen LogP) is 0.934. The smallest absolute Gasteiger partial charge is 0.165 e. The van der Waals surface area contributed by atoms with Gasteiger partial charge in [0, 0.05) is 25.2 Å². The highest BCUT2D eigenvalue weighted by molar-refractivity contribution is 7.91. The number of nitrogens with zero attached hydrogens (tertiary/aromatic N) is 1. The molecule has 1 aliphatic heterocycles. The first-order valence-corrected chi connectivity index (χ1v) is 8.00. The van der Waals surface area contributed by atoms with Gasteiger partial charge in [-0.25, -0.2) is 8.42 Å². The molecule has 0 aromatic heterocycles. The summed E-state index contributed by atoms with van der Waals surface area (Å²) in [6, 6.07) is 5.74. The van der Waals surface area contributed by atoms with Crippen molar-refractivity contribution in [3.05, 3.63) is 23.8 Å². The van der Waals surface area contributed by atoms with E-state index in [1.165, 1.54) is 0 Å². The number of ether oxygens (including phenoxy) is 2. The number of para-hydroxylation sites is 1. The van der Waals surface area contributed by atoms with Gasteiger partial charge in [-0.3, -0.25) is 4.90 Å². The lowest BCUT2D eigenvalue weighted by atomic mass is 10.1. The molecule has 0 spiro atoms. The summed E-state index contributed by atoms with van der Waals surface area (Å²) in [5.41, 5.74) is 1.01. The van der Waals surface area contributed by atoms with Gasteiger partial charge in [-0.15, -0.1) is 0 Å². The molecular formula is C13H19NO4S. The van der Waals surface area contributed by atoms with Gasteiger partial charge in [0.2, 0.25) is 0 Å². The highest BCUT2D eigenvalue weighted by Gasteiger charge is 2.22. The van der Waals surface area contributed by atoms with E-state index in [0.717, 1.165) is 11.3 Å². The molecule has 0 aliphatic carbocycles. The molecule has 0 unspecified atom stereocenters. The van der Waals surface area contributed by atoms with E-state index in [9.17, 15) is 8.42 Å². The zero-order valence-electron chi connectivity index (χ0n) is 11.3. The van der Waals surface area contributed by atoms with Crippen molar-refractivity contribution in [3.8, 4) is 11.5 Å². The van der Waals surface area contributed by atoms with E-state index in [0.29, 0.717) is 25.4 Å². The van der Waals surface area contributed by atoms with Gasteiger partial charge in [0.05, 0.1) is 25.7 Å². The summed E-state index contributed by atoms with van der Waals surface area (Å²) in [4.78, 5) is 2.12. The molecule has 1 aromatic rings. The van der Waals surface area contributed by atoms with Crippen LogP contribution in [0.25, 0.3) is 0 Å². The Morgan fingerprint density at radius 2 is 1.84 bits per heavy atom. The van der Waals surface area contributed by atoms with Crippen molar-refractivity contribution >= 4 is 9.84 Å². The fourth-order valence-electron chi connectivity index (χ4n) is 2.23. The maximum absolute atomic E-state index is 11.4. The van der Waals surface area contributed by atoms with Crippen molar-refractivity contribution in [2.75, 3.05) is 38.8 Å². The minimum atomic E-state index is -2.83. The predicted molar refractivity (Wildman–Crippen MR) is 73.5 cm³/mol. The molecule has 106 valence electrons. The van der Waals surface area contributed by atoms with E-state index >= 15 is 0 Å². The van der Waals surface area contributed by atoms with E-state index < -0.39 is 9.84 Å². The zero-order valence-corrected chi connectivity index (χ0v) is 12.1. The van der Waals surface area contributed by atoms with Gasteiger partial charge in [0.25, 0.3) is 0 Å². The molecule has 0 bridgehead atoms. The van der Waals surface area contributed by atoms with Crippen molar-refractivity contribution in [3.63, 3.8) is 0 Å². The molecule has 1 fully saturated rings. The van der Waals surface area contributed by atoms with Crippen molar-refractivity contribution in [2.24, 2.45) is 0 Å². The Morgan fingerprint density at radius 1 is 1.16 bits per heavy atom. The first-order chi connectivity index (χ1) is 9.05. The molecule has 0 saturated carbocycles. The van der Waals surface area contributed by atoms with Gasteiger partial charge in [-0.2, -0.15) is 0 Å². The average molecular weight is 285 g/mol. The van der Waals surface area contributed by atoms with Crippen LogP contribution in [0.4, 0.5) is 0 Å². The molecule has 1 aromatic carbocycles. The second-order valence-electron chi connectivity index (χ2n) is 4.58. The third-order valence-corrected chi connectivity index (χ3v) is 4.92. The van der Waals surface area contributed by atoms with Crippen LogP contribution < -0.4 is 9.47 Å². The monoisotopic (exact) mass is 285 g/mol. The summed E-state index contributed by atoms with van der Waals surface area (Å²) < 4.78 is 33.4. The van der Waals surface area contributed by atoms with Crippen LogP contribution in [0.1, 0.15) is 5.56 Å². The molecule has 0 amide bonds. The first kappa shape index (κ1) is 14.1. The number of methoxy groups -OCH3 is 2. The number of hydrogen-bond acceptors (Lipinski definition) is 5. The third kappa shape index (κ3) is 3.39. The summed E-state index contributed by atoms with van der Waals surface area (Å²) in [7, 11) is 0.385. The summed E-state index contributed by atoms with van der Waals surface area (Å²) in [6.07, 6.45) is 0. The topological polar surface area (TPSA) is 55.8 Å². The van der Waals surface area contributed by atoms with Crippen LogP contribution in [0, 0.1) is 0 Å². The average Bonchev–Trinajstić information content (AvgIpc) is 2.40. The van der Waals surface area contributed by atoms with Crippen molar-refractivity contribution < 1.29 is 17.9 Å². The van der Waals surface area contributed by atoms with Gasteiger partial charge in [-0.05, 0) is 6.07 Å². The Kier molecular flexibility index (Phi) is 4.31. The summed E-state index contributed by atoms with van der Waals surface area (Å²) in [5.74, 6) is 1.89. The standard InChI is InChI=1S/C13H19NO4S/c1-17-12-5-3-4-11(13(12)18-2)10-14-6-8-19(15,16)9-7-14/h3-5H,6-10H2,1-2H3. The minimum absolute atomic E-state index is 0.235. The Hall–Kier alpha value is -1.27. The molecule has 0 N–H and O–H groups in total. The molecule has 1 heterocycles. The maximum atomic E-state index is 11.4. The highest BCUT2D eigenvalue weighted by atomic mass is 32.2. The van der Waals surface area contributed by atoms with Crippen LogP contribution in [0.3, 0.4) is 0 Å². The van der Waals surface area contributed by atoms with Crippen molar-refractivity contribution in [2.45, 2.75) is 6.54 Å². The Morgan fingerprint density at radius 3 is 2.42 bits per heavy atom. The third-order valence-electron chi connectivity index (χ3n) is 3.32. The number of sulfone groups is 1. The quantitative estimate of drug-likeness (QED) is 0.824. The molecule has 19 heavy (non-hydrogen) atoms. The molecule has 6 heteroatoms. The van der Waals surface area contributed by atoms with E-state index in [4.69, 9.17) is 9.47 Å². The van der Waals surface area contributed by atoms with Crippen molar-refractivity contribution in [1.29, 1.82) is 0 Å². The van der Waals surface area contributed by atoms with Gasteiger partial charge >= 0.3 is 0 Å². The summed E-state index contributed by atoms with van der Waals surface area (Å²) in [6.45, 7) is 1.82. The minimum Gasteiger partial charge on any atom is -0.493 e. The lowest BCUT2D eigenvalue weighted by Gasteiger charge is -2.27. The van der Waals surface area contributed by atoms with Crippen LogP contribution >= 0.6 is 0 Å². The van der Waals surface area contributed by atoms with Gasteiger partial charge < -0.3 is 9.47 Å². The van der Waals surface area contributed by atoms with Crippen LogP contribution in [-0.2, 0) is 16.4 Å². The summed E-state index contributed by atoms with van der Waals surface area (Å²) >= 11 is 0. The van der Waals surface area contributed by atoms with Gasteiger partial charge in [0.15, 0.2) is 21.3 Å². The van der Waals surface area contributed by atoms with Crippen molar-refractivity contribution in [1.82, 2.24) is 4.90 Å². The SMILES string of the molecule is COc1cccc(CN2CCS(=O)(=O)CC2)c1OC. The van der Waals surface area contributed by atoms with Crippen LogP contribution in [0.15, 0.2) is 18.2 Å². The zero-order chi connectivity index (χ0) is 13.9. The first-order valence-electron chi connectivity index (χ1n) is 6.18. The largest absolute Gasteiger partial charge is 0.493 e. The van der Waals surface area contributed by atoms with Gasteiger partial charge in [-0.1, -0.05) is 12.1 Å². The van der Waals surface area contributed by atoms with Crippen LogP contribution in [-0.4, -0.2) is 52.1 Å². The Balaban J connectivity index is 2.11. The Bertz CT molecular complexity index is 528. The second-order valence-corrected chi connectivity index (χ2v) is 6.88. The number of hydrogen-bond donors (Lipinski definition) is 0. The van der Waals surface area contributed by atoms with Crippen LogP contribution in [0.5, 0.6) is 11.5 Å².